The van der Waals surface area contributed by atoms with Gasteiger partial charge in [-0.25, -0.2) is 0 Å². The van der Waals surface area contributed by atoms with Crippen LogP contribution in [0.15, 0.2) is 22.4 Å². The molecule has 0 atom stereocenters. The quantitative estimate of drug-likeness (QED) is 0.836. The number of rotatable bonds is 2. The number of benzene rings is 1. The van der Waals surface area contributed by atoms with Gasteiger partial charge in [0.25, 0.3) is 0 Å². The van der Waals surface area contributed by atoms with Crippen LogP contribution in [0.2, 0.25) is 0 Å². The first-order valence-electron chi connectivity index (χ1n) is 4.13. The molecule has 0 amide bonds. The largest absolute Gasteiger partial charge is 0.504 e. The van der Waals surface area contributed by atoms with Crippen molar-refractivity contribution < 1.29 is 14.6 Å². The van der Waals surface area contributed by atoms with Crippen molar-refractivity contribution in [2.24, 2.45) is 0 Å². The summed E-state index contributed by atoms with van der Waals surface area (Å²) in [5.41, 5.74) is 1.01. The van der Waals surface area contributed by atoms with E-state index in [4.69, 9.17) is 9.47 Å². The Morgan fingerprint density at radius 2 is 2.29 bits per heavy atom. The summed E-state index contributed by atoms with van der Waals surface area (Å²) in [6, 6.07) is 1.52. The SMILES string of the molecule is CC(C)=COc1c(O)cc2c(Br)c1O2. The summed E-state index contributed by atoms with van der Waals surface area (Å²) in [5, 5.41) is 9.51. The van der Waals surface area contributed by atoms with Crippen LogP contribution in [0.4, 0.5) is 0 Å². The predicted molar refractivity (Wildman–Crippen MR) is 55.9 cm³/mol. The van der Waals surface area contributed by atoms with Crippen molar-refractivity contribution in [3.63, 3.8) is 0 Å². The number of fused-ring (bicyclic) bond motifs is 2. The number of allylic oxidation sites excluding steroid dienone is 1. The molecule has 1 N–H and O–H groups in total. The molecule has 0 aromatic heterocycles. The lowest BCUT2D eigenvalue weighted by Gasteiger charge is -2.23. The molecule has 0 saturated heterocycles. The molecule has 3 rings (SSSR count). The van der Waals surface area contributed by atoms with E-state index in [1.54, 1.807) is 6.26 Å². The van der Waals surface area contributed by atoms with Gasteiger partial charge < -0.3 is 14.6 Å². The van der Waals surface area contributed by atoms with Gasteiger partial charge in [0.2, 0.25) is 5.75 Å². The van der Waals surface area contributed by atoms with Gasteiger partial charge in [-0.05, 0) is 35.4 Å². The predicted octanol–water partition coefficient (Wildman–Crippen LogP) is 3.56. The molecule has 74 valence electrons. The van der Waals surface area contributed by atoms with Gasteiger partial charge in [0.1, 0.15) is 10.2 Å². The number of hydrogen-bond donors (Lipinski definition) is 1. The molecule has 3 nitrogen and oxygen atoms in total. The van der Waals surface area contributed by atoms with Crippen LogP contribution in [-0.4, -0.2) is 5.11 Å². The van der Waals surface area contributed by atoms with Crippen molar-refractivity contribution in [2.75, 3.05) is 0 Å². The minimum Gasteiger partial charge on any atom is -0.504 e. The third-order valence-corrected chi connectivity index (χ3v) is 2.50. The van der Waals surface area contributed by atoms with E-state index in [-0.39, 0.29) is 5.75 Å². The minimum atomic E-state index is 0.0990. The highest BCUT2D eigenvalue weighted by Crippen LogP contribution is 2.57. The zero-order valence-corrected chi connectivity index (χ0v) is 9.38. The second-order valence-corrected chi connectivity index (χ2v) is 4.07. The second-order valence-electron chi connectivity index (χ2n) is 3.28. The molecule has 2 bridgehead atoms. The maximum atomic E-state index is 9.51. The zero-order chi connectivity index (χ0) is 10.3. The summed E-state index contributed by atoms with van der Waals surface area (Å²) >= 11 is 3.32. The summed E-state index contributed by atoms with van der Waals surface area (Å²) in [6.45, 7) is 3.82. The summed E-state index contributed by atoms with van der Waals surface area (Å²) in [4.78, 5) is 0. The first kappa shape index (κ1) is 9.40. The lowest BCUT2D eigenvalue weighted by atomic mass is 10.2. The molecule has 0 fully saturated rings. The molecule has 2 aliphatic heterocycles. The molecule has 0 radical (unpaired) electrons. The summed E-state index contributed by atoms with van der Waals surface area (Å²) in [7, 11) is 0. The van der Waals surface area contributed by atoms with Crippen LogP contribution in [0.5, 0.6) is 23.0 Å². The first-order valence-corrected chi connectivity index (χ1v) is 4.92. The highest BCUT2D eigenvalue weighted by Gasteiger charge is 2.28. The van der Waals surface area contributed by atoms with Crippen molar-refractivity contribution >= 4 is 15.9 Å². The Kier molecular flexibility index (Phi) is 2.15. The maximum absolute atomic E-state index is 9.51. The van der Waals surface area contributed by atoms with Crippen molar-refractivity contribution in [3.8, 4) is 23.0 Å². The highest BCUT2D eigenvalue weighted by atomic mass is 79.9. The van der Waals surface area contributed by atoms with E-state index in [9.17, 15) is 5.11 Å². The van der Waals surface area contributed by atoms with Crippen LogP contribution in [0.25, 0.3) is 0 Å². The molecule has 1 aromatic rings. The average molecular weight is 257 g/mol. The van der Waals surface area contributed by atoms with Gasteiger partial charge in [-0.2, -0.15) is 0 Å². The number of phenolic OH excluding ortho intramolecular Hbond substituents is 1. The fourth-order valence-corrected chi connectivity index (χ4v) is 1.56. The van der Waals surface area contributed by atoms with Crippen LogP contribution in [0.3, 0.4) is 0 Å². The Bertz CT molecular complexity index is 420. The third-order valence-electron chi connectivity index (χ3n) is 1.75. The highest BCUT2D eigenvalue weighted by molar-refractivity contribution is 9.10. The van der Waals surface area contributed by atoms with Gasteiger partial charge in [-0.1, -0.05) is 0 Å². The van der Waals surface area contributed by atoms with E-state index in [2.05, 4.69) is 15.9 Å². The number of phenols is 1. The number of aromatic hydroxyl groups is 1. The molecule has 2 aliphatic rings. The van der Waals surface area contributed by atoms with E-state index in [0.29, 0.717) is 17.2 Å². The van der Waals surface area contributed by atoms with Crippen molar-refractivity contribution in [3.05, 3.63) is 22.4 Å². The molecule has 2 heterocycles. The van der Waals surface area contributed by atoms with Crippen molar-refractivity contribution in [1.82, 2.24) is 0 Å². The van der Waals surface area contributed by atoms with Crippen molar-refractivity contribution in [1.29, 1.82) is 0 Å². The smallest absolute Gasteiger partial charge is 0.212 e. The summed E-state index contributed by atoms with van der Waals surface area (Å²) in [6.07, 6.45) is 1.57. The van der Waals surface area contributed by atoms with E-state index in [0.717, 1.165) is 10.0 Å². The lowest BCUT2D eigenvalue weighted by molar-refractivity contribution is 0.344. The van der Waals surface area contributed by atoms with Crippen LogP contribution in [0.1, 0.15) is 13.8 Å². The van der Waals surface area contributed by atoms with Gasteiger partial charge >= 0.3 is 0 Å². The molecular formula is C10H9BrO3. The maximum Gasteiger partial charge on any atom is 0.212 e. The fraction of sp³-hybridized carbons (Fsp3) is 0.200. The second kappa shape index (κ2) is 3.20. The Morgan fingerprint density at radius 3 is 2.86 bits per heavy atom. The van der Waals surface area contributed by atoms with E-state index >= 15 is 0 Å². The molecule has 4 heteroatoms. The standard InChI is InChI=1S/C10H9BrO3/c1-5(2)4-13-9-6(12)3-7-8(11)10(9)14-7/h3-4,12H,1-2H3. The molecule has 14 heavy (non-hydrogen) atoms. The zero-order valence-electron chi connectivity index (χ0n) is 7.80. The Hall–Kier alpha value is -1.16. The lowest BCUT2D eigenvalue weighted by Crippen LogP contribution is -2.01. The summed E-state index contributed by atoms with van der Waals surface area (Å²) < 4.78 is 11.4. The molecule has 0 spiro atoms. The van der Waals surface area contributed by atoms with Gasteiger partial charge in [0, 0.05) is 6.07 Å². The van der Waals surface area contributed by atoms with Crippen LogP contribution in [-0.2, 0) is 0 Å². The van der Waals surface area contributed by atoms with Crippen LogP contribution < -0.4 is 9.47 Å². The normalized spacial score (nSPS) is 11.4. The van der Waals surface area contributed by atoms with E-state index in [1.807, 2.05) is 13.8 Å². The molecule has 0 unspecified atom stereocenters. The topological polar surface area (TPSA) is 38.7 Å². The van der Waals surface area contributed by atoms with Gasteiger partial charge in [-0.15, -0.1) is 0 Å². The van der Waals surface area contributed by atoms with E-state index in [1.165, 1.54) is 6.07 Å². The Labute approximate surface area is 90.1 Å². The van der Waals surface area contributed by atoms with Gasteiger partial charge in [0.15, 0.2) is 11.5 Å². The first-order chi connectivity index (χ1) is 6.59. The fourth-order valence-electron chi connectivity index (χ4n) is 1.10. The average Bonchev–Trinajstić information content (AvgIpc) is 2.14. The van der Waals surface area contributed by atoms with Crippen LogP contribution >= 0.6 is 15.9 Å². The van der Waals surface area contributed by atoms with Gasteiger partial charge in [0.05, 0.1) is 6.26 Å². The third kappa shape index (κ3) is 1.35. The molecule has 0 aliphatic carbocycles. The Balaban J connectivity index is 2.35. The molecule has 0 saturated carbocycles. The van der Waals surface area contributed by atoms with Crippen molar-refractivity contribution in [2.45, 2.75) is 13.8 Å². The van der Waals surface area contributed by atoms with Gasteiger partial charge in [-0.3, -0.25) is 0 Å². The van der Waals surface area contributed by atoms with E-state index < -0.39 is 0 Å². The molecule has 1 aromatic carbocycles. The monoisotopic (exact) mass is 256 g/mol. The number of halogens is 1. The minimum absolute atomic E-state index is 0.0990. The number of ether oxygens (including phenoxy) is 2. The number of hydrogen-bond acceptors (Lipinski definition) is 3. The molecular weight excluding hydrogens is 248 g/mol. The van der Waals surface area contributed by atoms with Crippen LogP contribution in [0, 0.1) is 0 Å². The summed E-state index contributed by atoms with van der Waals surface area (Å²) in [5.74, 6) is 1.65. The Morgan fingerprint density at radius 1 is 1.57 bits per heavy atom.